The van der Waals surface area contributed by atoms with Crippen molar-refractivity contribution in [1.82, 2.24) is 0 Å². The van der Waals surface area contributed by atoms with E-state index in [1.165, 1.54) is 22.6 Å². The zero-order valence-electron chi connectivity index (χ0n) is 11.2. The van der Waals surface area contributed by atoms with Crippen LogP contribution in [-0.2, 0) is 0 Å². The van der Waals surface area contributed by atoms with Gasteiger partial charge in [0.05, 0.1) is 0 Å². The summed E-state index contributed by atoms with van der Waals surface area (Å²) in [6.45, 7) is 0. The lowest BCUT2D eigenvalue weighted by Crippen LogP contribution is -1.84. The van der Waals surface area contributed by atoms with Crippen LogP contribution >= 0.6 is 23.5 Å². The van der Waals surface area contributed by atoms with Gasteiger partial charge in [-0.05, 0) is 72.9 Å². The standard InChI is InChI=1S/C16H18O2S2/c17-13-3-7-15(8-4-13)19-11-1-2-12-20-16-9-5-14(18)6-10-16/h3-10,17-18H,1-2,11-12H2. The third-order valence-electron chi connectivity index (χ3n) is 2.75. The molecular formula is C16H18O2S2. The molecule has 0 saturated heterocycles. The average molecular weight is 306 g/mol. The number of rotatable bonds is 7. The molecule has 0 spiro atoms. The van der Waals surface area contributed by atoms with Crippen molar-refractivity contribution in [2.24, 2.45) is 0 Å². The molecule has 106 valence electrons. The van der Waals surface area contributed by atoms with E-state index in [0.717, 1.165) is 11.5 Å². The van der Waals surface area contributed by atoms with Crippen LogP contribution < -0.4 is 0 Å². The Morgan fingerprint density at radius 1 is 0.600 bits per heavy atom. The lowest BCUT2D eigenvalue weighted by molar-refractivity contribution is 0.474. The van der Waals surface area contributed by atoms with Gasteiger partial charge in [0, 0.05) is 9.79 Å². The summed E-state index contributed by atoms with van der Waals surface area (Å²) in [6.07, 6.45) is 2.35. The summed E-state index contributed by atoms with van der Waals surface area (Å²) < 4.78 is 0. The summed E-state index contributed by atoms with van der Waals surface area (Å²) >= 11 is 3.65. The molecule has 2 aromatic carbocycles. The van der Waals surface area contributed by atoms with E-state index in [-0.39, 0.29) is 0 Å². The Labute approximate surface area is 128 Å². The van der Waals surface area contributed by atoms with Crippen molar-refractivity contribution < 1.29 is 10.2 Å². The van der Waals surface area contributed by atoms with Crippen LogP contribution in [0.1, 0.15) is 12.8 Å². The van der Waals surface area contributed by atoms with Gasteiger partial charge in [-0.3, -0.25) is 0 Å². The Morgan fingerprint density at radius 3 is 1.30 bits per heavy atom. The molecule has 0 bridgehead atoms. The van der Waals surface area contributed by atoms with Gasteiger partial charge in [-0.25, -0.2) is 0 Å². The minimum Gasteiger partial charge on any atom is -0.508 e. The Balaban J connectivity index is 1.57. The van der Waals surface area contributed by atoms with Gasteiger partial charge in [-0.1, -0.05) is 0 Å². The van der Waals surface area contributed by atoms with Gasteiger partial charge in [0.25, 0.3) is 0 Å². The minimum atomic E-state index is 0.319. The number of unbranched alkanes of at least 4 members (excludes halogenated alkanes) is 1. The fraction of sp³-hybridized carbons (Fsp3) is 0.250. The number of aromatic hydroxyl groups is 2. The third-order valence-corrected chi connectivity index (χ3v) is 4.95. The fourth-order valence-electron chi connectivity index (χ4n) is 1.67. The highest BCUT2D eigenvalue weighted by Crippen LogP contribution is 2.24. The summed E-state index contributed by atoms with van der Waals surface area (Å²) in [5.74, 6) is 2.83. The van der Waals surface area contributed by atoms with Crippen molar-refractivity contribution in [3.8, 4) is 11.5 Å². The Bertz CT molecular complexity index is 460. The van der Waals surface area contributed by atoms with Gasteiger partial charge >= 0.3 is 0 Å². The number of thioether (sulfide) groups is 2. The second-order valence-corrected chi connectivity index (χ2v) is 6.73. The van der Waals surface area contributed by atoms with Crippen LogP contribution in [0.3, 0.4) is 0 Å². The van der Waals surface area contributed by atoms with E-state index in [1.807, 2.05) is 47.8 Å². The van der Waals surface area contributed by atoms with Gasteiger partial charge in [0.1, 0.15) is 11.5 Å². The Kier molecular flexibility index (Phi) is 6.15. The maximum atomic E-state index is 9.20. The molecule has 4 heteroatoms. The van der Waals surface area contributed by atoms with Crippen LogP contribution in [0.2, 0.25) is 0 Å². The molecule has 2 N–H and O–H groups in total. The zero-order chi connectivity index (χ0) is 14.2. The van der Waals surface area contributed by atoms with E-state index in [4.69, 9.17) is 0 Å². The highest BCUT2D eigenvalue weighted by atomic mass is 32.2. The SMILES string of the molecule is Oc1ccc(SCCCCSc2ccc(O)cc2)cc1. The lowest BCUT2D eigenvalue weighted by atomic mass is 10.3. The first-order valence-electron chi connectivity index (χ1n) is 6.58. The van der Waals surface area contributed by atoms with Gasteiger partial charge in [0.15, 0.2) is 0 Å². The van der Waals surface area contributed by atoms with Crippen LogP contribution in [0, 0.1) is 0 Å². The molecule has 0 unspecified atom stereocenters. The summed E-state index contributed by atoms with van der Waals surface area (Å²) in [5.41, 5.74) is 0. The van der Waals surface area contributed by atoms with Crippen LogP contribution in [0.15, 0.2) is 58.3 Å². The zero-order valence-corrected chi connectivity index (χ0v) is 12.8. The van der Waals surface area contributed by atoms with E-state index >= 15 is 0 Å². The second-order valence-electron chi connectivity index (χ2n) is 4.39. The second kappa shape index (κ2) is 8.12. The molecule has 0 aliphatic rings. The van der Waals surface area contributed by atoms with Gasteiger partial charge in [0.2, 0.25) is 0 Å². The van der Waals surface area contributed by atoms with Crippen LogP contribution in [0.25, 0.3) is 0 Å². The Hall–Kier alpha value is -1.26. The first-order chi connectivity index (χ1) is 9.74. The minimum absolute atomic E-state index is 0.319. The highest BCUT2D eigenvalue weighted by Gasteiger charge is 1.97. The number of hydrogen-bond donors (Lipinski definition) is 2. The molecule has 0 aliphatic carbocycles. The highest BCUT2D eigenvalue weighted by molar-refractivity contribution is 7.99. The van der Waals surface area contributed by atoms with Gasteiger partial charge in [-0.15, -0.1) is 23.5 Å². The van der Waals surface area contributed by atoms with Crippen molar-refractivity contribution in [3.63, 3.8) is 0 Å². The van der Waals surface area contributed by atoms with E-state index in [1.54, 1.807) is 24.3 Å². The van der Waals surface area contributed by atoms with E-state index in [9.17, 15) is 10.2 Å². The average Bonchev–Trinajstić information content (AvgIpc) is 2.46. The van der Waals surface area contributed by atoms with E-state index in [0.29, 0.717) is 11.5 Å². The molecular weight excluding hydrogens is 288 g/mol. The van der Waals surface area contributed by atoms with Crippen LogP contribution in [0.4, 0.5) is 0 Å². The van der Waals surface area contributed by atoms with Crippen LogP contribution in [-0.4, -0.2) is 21.7 Å². The number of phenolic OH excluding ortho intramolecular Hbond substituents is 2. The molecule has 2 aromatic rings. The molecule has 0 amide bonds. The fourth-order valence-corrected chi connectivity index (χ4v) is 3.49. The normalized spacial score (nSPS) is 10.6. The topological polar surface area (TPSA) is 40.5 Å². The monoisotopic (exact) mass is 306 g/mol. The molecule has 0 aromatic heterocycles. The smallest absolute Gasteiger partial charge is 0.115 e. The molecule has 0 radical (unpaired) electrons. The summed E-state index contributed by atoms with van der Waals surface area (Å²) in [6, 6.07) is 14.7. The molecule has 20 heavy (non-hydrogen) atoms. The number of hydrogen-bond acceptors (Lipinski definition) is 4. The van der Waals surface area contributed by atoms with Crippen molar-refractivity contribution in [1.29, 1.82) is 0 Å². The lowest BCUT2D eigenvalue weighted by Gasteiger charge is -2.03. The molecule has 0 fully saturated rings. The number of benzene rings is 2. The summed E-state index contributed by atoms with van der Waals surface area (Å²) in [7, 11) is 0. The van der Waals surface area contributed by atoms with Gasteiger partial charge in [-0.2, -0.15) is 0 Å². The first kappa shape index (κ1) is 15.1. The molecule has 2 rings (SSSR count). The van der Waals surface area contributed by atoms with E-state index in [2.05, 4.69) is 0 Å². The Morgan fingerprint density at radius 2 is 0.950 bits per heavy atom. The summed E-state index contributed by atoms with van der Waals surface area (Å²) in [5, 5.41) is 18.4. The molecule has 0 saturated carbocycles. The molecule has 0 atom stereocenters. The van der Waals surface area contributed by atoms with Gasteiger partial charge < -0.3 is 10.2 Å². The van der Waals surface area contributed by atoms with Crippen molar-refractivity contribution in [2.45, 2.75) is 22.6 Å². The molecule has 0 aliphatic heterocycles. The maximum Gasteiger partial charge on any atom is 0.115 e. The summed E-state index contributed by atoms with van der Waals surface area (Å²) in [4.78, 5) is 2.41. The number of phenols is 2. The third kappa shape index (κ3) is 5.39. The molecule has 0 heterocycles. The largest absolute Gasteiger partial charge is 0.508 e. The van der Waals surface area contributed by atoms with E-state index < -0.39 is 0 Å². The first-order valence-corrected chi connectivity index (χ1v) is 8.55. The molecule has 2 nitrogen and oxygen atoms in total. The quantitative estimate of drug-likeness (QED) is 0.571. The van der Waals surface area contributed by atoms with Crippen molar-refractivity contribution in [3.05, 3.63) is 48.5 Å². The van der Waals surface area contributed by atoms with Crippen molar-refractivity contribution >= 4 is 23.5 Å². The van der Waals surface area contributed by atoms with Crippen LogP contribution in [0.5, 0.6) is 11.5 Å². The van der Waals surface area contributed by atoms with Crippen molar-refractivity contribution in [2.75, 3.05) is 11.5 Å². The maximum absolute atomic E-state index is 9.20. The predicted octanol–water partition coefficient (Wildman–Crippen LogP) is 4.76. The predicted molar refractivity (Wildman–Crippen MR) is 86.9 cm³/mol.